The number of hydrogen-bond donors (Lipinski definition) is 0. The second-order valence-electron chi connectivity index (χ2n) is 8.94. The van der Waals surface area contributed by atoms with E-state index in [0.717, 1.165) is 50.8 Å². The van der Waals surface area contributed by atoms with Gasteiger partial charge in [-0.05, 0) is 61.6 Å². The molecule has 2 aromatic rings. The summed E-state index contributed by atoms with van der Waals surface area (Å²) in [6.45, 7) is 6.38. The van der Waals surface area contributed by atoms with E-state index in [1.54, 1.807) is 17.8 Å². The summed E-state index contributed by atoms with van der Waals surface area (Å²) in [7, 11) is 0. The van der Waals surface area contributed by atoms with Crippen LogP contribution in [0.25, 0.3) is 0 Å². The Morgan fingerprint density at radius 1 is 1.07 bits per heavy atom. The van der Waals surface area contributed by atoms with Crippen LogP contribution in [0.1, 0.15) is 49.3 Å². The van der Waals surface area contributed by atoms with Crippen molar-refractivity contribution in [3.8, 4) is 0 Å². The van der Waals surface area contributed by atoms with Crippen LogP contribution < -0.4 is 0 Å². The number of amides is 2. The molecule has 2 fully saturated rings. The molecular weight excluding hydrogens is 376 g/mol. The first-order valence-electron chi connectivity index (χ1n) is 11.1. The van der Waals surface area contributed by atoms with Crippen LogP contribution >= 0.6 is 0 Å². The third-order valence-electron chi connectivity index (χ3n) is 6.33. The Morgan fingerprint density at radius 2 is 1.73 bits per heavy atom. The zero-order valence-electron chi connectivity index (χ0n) is 18.1. The summed E-state index contributed by atoms with van der Waals surface area (Å²) in [5.74, 6) is 0.977. The highest BCUT2D eigenvalue weighted by atomic mass is 16.2. The van der Waals surface area contributed by atoms with Crippen LogP contribution in [-0.4, -0.2) is 50.5 Å². The highest BCUT2D eigenvalue weighted by Gasteiger charge is 2.32. The molecule has 4 rings (SSSR count). The molecule has 0 bridgehead atoms. The van der Waals surface area contributed by atoms with Crippen LogP contribution in [0.15, 0.2) is 36.7 Å². The Hall–Kier alpha value is -2.63. The molecule has 6 heteroatoms. The van der Waals surface area contributed by atoms with Crippen molar-refractivity contribution in [3.05, 3.63) is 53.3 Å². The standard InChI is InChI=1S/C24H32N4O2/c1-18-14-25-27(15-18)17-24(30)28(23-7-8-23)16-22-5-3-20(4-6-22)13-21-9-11-26(12-10-21)19(2)29/h3-6,14-15,21,23H,7-13,16-17H2,1-2H3. The van der Waals surface area contributed by atoms with Gasteiger partial charge in [-0.2, -0.15) is 5.10 Å². The first-order chi connectivity index (χ1) is 14.5. The largest absolute Gasteiger partial charge is 0.343 e. The molecule has 2 amide bonds. The fraction of sp³-hybridized carbons (Fsp3) is 0.542. The lowest BCUT2D eigenvalue weighted by Gasteiger charge is -2.31. The summed E-state index contributed by atoms with van der Waals surface area (Å²) in [6, 6.07) is 9.12. The normalized spacial score (nSPS) is 17.2. The van der Waals surface area contributed by atoms with E-state index in [4.69, 9.17) is 0 Å². The number of likely N-dealkylation sites (tertiary alicyclic amines) is 1. The van der Waals surface area contributed by atoms with E-state index in [1.807, 2.05) is 22.9 Å². The van der Waals surface area contributed by atoms with E-state index in [2.05, 4.69) is 29.4 Å². The molecule has 0 N–H and O–H groups in total. The van der Waals surface area contributed by atoms with E-state index < -0.39 is 0 Å². The van der Waals surface area contributed by atoms with Crippen molar-refractivity contribution in [2.75, 3.05) is 13.1 Å². The zero-order chi connectivity index (χ0) is 21.1. The Labute approximate surface area is 178 Å². The number of carbonyl (C=O) groups excluding carboxylic acids is 2. The Bertz CT molecular complexity index is 877. The zero-order valence-corrected chi connectivity index (χ0v) is 18.1. The number of nitrogens with zero attached hydrogens (tertiary/aromatic N) is 4. The van der Waals surface area contributed by atoms with Crippen molar-refractivity contribution in [1.29, 1.82) is 0 Å². The Morgan fingerprint density at radius 3 is 2.30 bits per heavy atom. The molecular formula is C24H32N4O2. The van der Waals surface area contributed by atoms with Gasteiger partial charge in [-0.15, -0.1) is 0 Å². The van der Waals surface area contributed by atoms with Crippen molar-refractivity contribution in [1.82, 2.24) is 19.6 Å². The van der Waals surface area contributed by atoms with Crippen LogP contribution in [0.4, 0.5) is 0 Å². The lowest BCUT2D eigenvalue weighted by atomic mass is 9.90. The molecule has 30 heavy (non-hydrogen) atoms. The highest BCUT2D eigenvalue weighted by molar-refractivity contribution is 5.76. The van der Waals surface area contributed by atoms with Crippen LogP contribution in [0, 0.1) is 12.8 Å². The maximum absolute atomic E-state index is 12.8. The van der Waals surface area contributed by atoms with Gasteiger partial charge in [0.15, 0.2) is 0 Å². The van der Waals surface area contributed by atoms with Gasteiger partial charge in [0.2, 0.25) is 11.8 Å². The molecule has 1 saturated heterocycles. The molecule has 0 unspecified atom stereocenters. The predicted molar refractivity (Wildman–Crippen MR) is 116 cm³/mol. The van der Waals surface area contributed by atoms with Crippen molar-refractivity contribution in [3.63, 3.8) is 0 Å². The van der Waals surface area contributed by atoms with E-state index in [-0.39, 0.29) is 11.8 Å². The SMILES string of the molecule is CC(=O)N1CCC(Cc2ccc(CN(C(=O)Cn3cc(C)cn3)C3CC3)cc2)CC1. The number of piperidine rings is 1. The lowest BCUT2D eigenvalue weighted by molar-refractivity contribution is -0.133. The highest BCUT2D eigenvalue weighted by Crippen LogP contribution is 2.29. The van der Waals surface area contributed by atoms with Gasteiger partial charge in [0.1, 0.15) is 6.54 Å². The quantitative estimate of drug-likeness (QED) is 0.707. The summed E-state index contributed by atoms with van der Waals surface area (Å²) in [5.41, 5.74) is 3.60. The molecule has 1 saturated carbocycles. The van der Waals surface area contributed by atoms with Gasteiger partial charge in [0.25, 0.3) is 0 Å². The molecule has 1 aliphatic heterocycles. The van der Waals surface area contributed by atoms with Gasteiger partial charge in [-0.3, -0.25) is 14.3 Å². The van der Waals surface area contributed by atoms with Gasteiger partial charge in [0, 0.05) is 38.8 Å². The summed E-state index contributed by atoms with van der Waals surface area (Å²) < 4.78 is 1.73. The summed E-state index contributed by atoms with van der Waals surface area (Å²) >= 11 is 0. The predicted octanol–water partition coefficient (Wildman–Crippen LogP) is 3.18. The number of carbonyl (C=O) groups is 2. The third kappa shape index (κ3) is 5.29. The van der Waals surface area contributed by atoms with Crippen LogP contribution in [-0.2, 0) is 29.1 Å². The summed E-state index contributed by atoms with van der Waals surface area (Å²) in [6.07, 6.45) is 9.13. The average molecular weight is 409 g/mol. The van der Waals surface area contributed by atoms with Crippen molar-refractivity contribution < 1.29 is 9.59 Å². The topological polar surface area (TPSA) is 58.4 Å². The molecule has 1 aromatic carbocycles. The number of aryl methyl sites for hydroxylation is 1. The fourth-order valence-corrected chi connectivity index (χ4v) is 4.35. The molecule has 2 heterocycles. The first kappa shape index (κ1) is 20.6. The number of benzene rings is 1. The fourth-order valence-electron chi connectivity index (χ4n) is 4.35. The third-order valence-corrected chi connectivity index (χ3v) is 6.33. The number of hydrogen-bond acceptors (Lipinski definition) is 3. The van der Waals surface area contributed by atoms with Gasteiger partial charge < -0.3 is 9.80 Å². The minimum Gasteiger partial charge on any atom is -0.343 e. The second kappa shape index (κ2) is 9.02. The molecule has 6 nitrogen and oxygen atoms in total. The maximum atomic E-state index is 12.8. The first-order valence-corrected chi connectivity index (χ1v) is 11.1. The van der Waals surface area contributed by atoms with Gasteiger partial charge in [-0.1, -0.05) is 24.3 Å². The van der Waals surface area contributed by atoms with Crippen molar-refractivity contribution in [2.24, 2.45) is 5.92 Å². The maximum Gasteiger partial charge on any atom is 0.244 e. The number of aromatic nitrogens is 2. The summed E-state index contributed by atoms with van der Waals surface area (Å²) in [5, 5.41) is 4.25. The second-order valence-corrected chi connectivity index (χ2v) is 8.94. The molecule has 2 aliphatic rings. The molecule has 160 valence electrons. The van der Waals surface area contributed by atoms with E-state index >= 15 is 0 Å². The minimum atomic E-state index is 0.141. The van der Waals surface area contributed by atoms with Crippen LogP contribution in [0.5, 0.6) is 0 Å². The average Bonchev–Trinajstić information content (AvgIpc) is 3.49. The van der Waals surface area contributed by atoms with Gasteiger partial charge in [-0.25, -0.2) is 0 Å². The monoisotopic (exact) mass is 408 g/mol. The summed E-state index contributed by atoms with van der Waals surface area (Å²) in [4.78, 5) is 28.3. The van der Waals surface area contributed by atoms with Crippen LogP contribution in [0.2, 0.25) is 0 Å². The lowest BCUT2D eigenvalue weighted by Crippen LogP contribution is -2.37. The van der Waals surface area contributed by atoms with Crippen molar-refractivity contribution in [2.45, 2.75) is 65.1 Å². The Kier molecular flexibility index (Phi) is 6.21. The van der Waals surface area contributed by atoms with Crippen LogP contribution in [0.3, 0.4) is 0 Å². The Balaban J connectivity index is 1.31. The van der Waals surface area contributed by atoms with Gasteiger partial charge in [0.05, 0.1) is 6.20 Å². The van der Waals surface area contributed by atoms with Crippen molar-refractivity contribution >= 4 is 11.8 Å². The molecule has 1 aliphatic carbocycles. The van der Waals surface area contributed by atoms with E-state index in [0.29, 0.717) is 25.0 Å². The molecule has 0 radical (unpaired) electrons. The minimum absolute atomic E-state index is 0.141. The van der Waals surface area contributed by atoms with Gasteiger partial charge >= 0.3 is 0 Å². The smallest absolute Gasteiger partial charge is 0.244 e. The molecule has 0 atom stereocenters. The van der Waals surface area contributed by atoms with E-state index in [1.165, 1.54) is 11.1 Å². The molecule has 0 spiro atoms. The number of rotatable bonds is 7. The molecule has 1 aromatic heterocycles. The van der Waals surface area contributed by atoms with E-state index in [9.17, 15) is 9.59 Å².